The first kappa shape index (κ1) is 15.1. The van der Waals surface area contributed by atoms with Gasteiger partial charge in [-0.05, 0) is 54.4 Å². The maximum Gasteiger partial charge on any atom is 0.121 e. The predicted molar refractivity (Wildman–Crippen MR) is 89.6 cm³/mol. The van der Waals surface area contributed by atoms with E-state index >= 15 is 0 Å². The molecule has 0 radical (unpaired) electrons. The second kappa shape index (κ2) is 5.97. The van der Waals surface area contributed by atoms with Crippen LogP contribution >= 0.6 is 8.58 Å². The van der Waals surface area contributed by atoms with E-state index in [1.807, 2.05) is 13.8 Å². The Labute approximate surface area is 123 Å². The summed E-state index contributed by atoms with van der Waals surface area (Å²) in [6, 6.07) is 15.0. The number of aryl methyl sites for hydroxylation is 2. The first-order valence-electron chi connectivity index (χ1n) is 7.10. The second-order valence-electron chi connectivity index (χ2n) is 5.64. The van der Waals surface area contributed by atoms with Gasteiger partial charge in [-0.15, -0.1) is 0 Å². The average molecular weight is 286 g/mol. The predicted octanol–water partition coefficient (Wildman–Crippen LogP) is 4.64. The van der Waals surface area contributed by atoms with Crippen LogP contribution in [0.15, 0.2) is 42.5 Å². The van der Waals surface area contributed by atoms with Crippen LogP contribution in [-0.2, 0) is 5.16 Å². The van der Waals surface area contributed by atoms with Gasteiger partial charge in [0.2, 0.25) is 0 Å². The minimum Gasteiger partial charge on any atom is -0.507 e. The molecular formula is C18H23OP. The molecule has 1 N–H and O–H groups in total. The zero-order valence-corrected chi connectivity index (χ0v) is 13.7. The lowest BCUT2D eigenvalue weighted by Crippen LogP contribution is -2.18. The zero-order valence-electron chi connectivity index (χ0n) is 12.7. The molecule has 0 heterocycles. The van der Waals surface area contributed by atoms with E-state index in [4.69, 9.17) is 0 Å². The molecule has 2 rings (SSSR count). The van der Waals surface area contributed by atoms with Crippen molar-refractivity contribution in [2.24, 2.45) is 0 Å². The van der Waals surface area contributed by atoms with Gasteiger partial charge in [-0.2, -0.15) is 0 Å². The molecule has 2 heteroatoms. The smallest absolute Gasteiger partial charge is 0.121 e. The van der Waals surface area contributed by atoms with Crippen molar-refractivity contribution in [3.05, 3.63) is 59.2 Å². The number of rotatable bonds is 4. The number of hydrogen-bond donors (Lipinski definition) is 1. The van der Waals surface area contributed by atoms with Gasteiger partial charge in [0.1, 0.15) is 5.75 Å². The lowest BCUT2D eigenvalue weighted by atomic mass is 9.98. The lowest BCUT2D eigenvalue weighted by molar-refractivity contribution is 0.467. The Hall–Kier alpha value is -1.33. The maximum absolute atomic E-state index is 9.91. The Kier molecular flexibility index (Phi) is 4.50. The second-order valence-corrected chi connectivity index (χ2v) is 7.57. The van der Waals surface area contributed by atoms with Crippen LogP contribution in [0.2, 0.25) is 0 Å². The van der Waals surface area contributed by atoms with Crippen LogP contribution in [0.5, 0.6) is 5.75 Å². The molecule has 0 aliphatic carbocycles. The van der Waals surface area contributed by atoms with E-state index in [0.717, 1.165) is 17.5 Å². The molecule has 0 saturated carbocycles. The van der Waals surface area contributed by atoms with Gasteiger partial charge >= 0.3 is 0 Å². The van der Waals surface area contributed by atoms with Crippen molar-refractivity contribution in [2.45, 2.75) is 39.3 Å². The monoisotopic (exact) mass is 286 g/mol. The van der Waals surface area contributed by atoms with E-state index in [1.54, 1.807) is 0 Å². The molecule has 2 aromatic carbocycles. The van der Waals surface area contributed by atoms with Crippen molar-refractivity contribution < 1.29 is 5.11 Å². The van der Waals surface area contributed by atoms with Crippen molar-refractivity contribution in [1.29, 1.82) is 0 Å². The van der Waals surface area contributed by atoms with E-state index < -0.39 is 0 Å². The average Bonchev–Trinajstić information content (AvgIpc) is 2.45. The minimum absolute atomic E-state index is 0.164. The third-order valence-electron chi connectivity index (χ3n) is 4.03. The van der Waals surface area contributed by atoms with E-state index in [1.165, 1.54) is 10.9 Å². The van der Waals surface area contributed by atoms with E-state index in [2.05, 4.69) is 56.3 Å². The van der Waals surface area contributed by atoms with Gasteiger partial charge in [0, 0.05) is 5.16 Å². The fourth-order valence-corrected chi connectivity index (χ4v) is 4.22. The Bertz CT molecular complexity index is 569. The van der Waals surface area contributed by atoms with Crippen LogP contribution in [0, 0.1) is 13.8 Å². The summed E-state index contributed by atoms with van der Waals surface area (Å²) in [5.74, 6) is 0.427. The number of phenols is 1. The van der Waals surface area contributed by atoms with Gasteiger partial charge < -0.3 is 5.11 Å². The Morgan fingerprint density at radius 2 is 1.60 bits per heavy atom. The van der Waals surface area contributed by atoms with Gasteiger partial charge in [0.05, 0.1) is 0 Å². The van der Waals surface area contributed by atoms with Crippen molar-refractivity contribution in [3.63, 3.8) is 0 Å². The quantitative estimate of drug-likeness (QED) is 0.812. The SMILES string of the molecule is CCC(C)(Pc1cc(C)c(O)c(C)c1)c1ccccc1. The standard InChI is InChI=1S/C18H23OP/c1-5-18(4,15-9-7-6-8-10-15)20-16-11-13(2)17(19)14(3)12-16/h6-12,19-20H,5H2,1-4H3. The van der Waals surface area contributed by atoms with Crippen LogP contribution in [0.25, 0.3) is 0 Å². The number of hydrogen-bond acceptors (Lipinski definition) is 1. The summed E-state index contributed by atoms with van der Waals surface area (Å²) in [4.78, 5) is 0. The largest absolute Gasteiger partial charge is 0.507 e. The molecule has 0 saturated heterocycles. The summed E-state index contributed by atoms with van der Waals surface area (Å²) in [5, 5.41) is 11.4. The summed E-state index contributed by atoms with van der Waals surface area (Å²) >= 11 is 0. The van der Waals surface area contributed by atoms with Crippen LogP contribution in [0.3, 0.4) is 0 Å². The Balaban J connectivity index is 2.36. The number of aromatic hydroxyl groups is 1. The zero-order chi connectivity index (χ0) is 14.8. The van der Waals surface area contributed by atoms with Gasteiger partial charge in [-0.3, -0.25) is 0 Å². The summed E-state index contributed by atoms with van der Waals surface area (Å²) in [6.45, 7) is 8.53. The normalized spacial score (nSPS) is 14.6. The van der Waals surface area contributed by atoms with Crippen LogP contribution in [-0.4, -0.2) is 5.11 Å². The highest BCUT2D eigenvalue weighted by Gasteiger charge is 2.25. The number of phenolic OH excluding ortho intramolecular Hbond substituents is 1. The third kappa shape index (κ3) is 3.04. The van der Waals surface area contributed by atoms with E-state index in [0.29, 0.717) is 14.3 Å². The van der Waals surface area contributed by atoms with Crippen LogP contribution in [0.4, 0.5) is 0 Å². The Morgan fingerprint density at radius 3 is 2.10 bits per heavy atom. The fourth-order valence-electron chi connectivity index (χ4n) is 2.52. The highest BCUT2D eigenvalue weighted by Crippen LogP contribution is 2.44. The highest BCUT2D eigenvalue weighted by molar-refractivity contribution is 7.48. The van der Waals surface area contributed by atoms with Gasteiger partial charge in [0.15, 0.2) is 0 Å². The molecule has 0 aliphatic heterocycles. The molecule has 2 unspecified atom stereocenters. The van der Waals surface area contributed by atoms with Crippen molar-refractivity contribution >= 4 is 13.9 Å². The molecule has 0 aromatic heterocycles. The molecule has 20 heavy (non-hydrogen) atoms. The molecule has 0 aliphatic rings. The van der Waals surface area contributed by atoms with Gasteiger partial charge in [0.25, 0.3) is 0 Å². The molecule has 0 bridgehead atoms. The van der Waals surface area contributed by atoms with Gasteiger partial charge in [-0.1, -0.05) is 52.8 Å². The van der Waals surface area contributed by atoms with Crippen molar-refractivity contribution in [2.75, 3.05) is 0 Å². The molecular weight excluding hydrogens is 263 g/mol. The molecule has 2 aromatic rings. The summed E-state index contributed by atoms with van der Waals surface area (Å²) in [7, 11) is 0.704. The van der Waals surface area contributed by atoms with Crippen molar-refractivity contribution in [1.82, 2.24) is 0 Å². The summed E-state index contributed by atoms with van der Waals surface area (Å²) in [5.41, 5.74) is 3.34. The van der Waals surface area contributed by atoms with Crippen molar-refractivity contribution in [3.8, 4) is 5.75 Å². The molecule has 106 valence electrons. The molecule has 0 fully saturated rings. The third-order valence-corrected chi connectivity index (χ3v) is 5.80. The fraction of sp³-hybridized carbons (Fsp3) is 0.333. The van der Waals surface area contributed by atoms with E-state index in [-0.39, 0.29) is 5.16 Å². The molecule has 2 atom stereocenters. The Morgan fingerprint density at radius 1 is 1.05 bits per heavy atom. The molecule has 1 nitrogen and oxygen atoms in total. The summed E-state index contributed by atoms with van der Waals surface area (Å²) in [6.07, 6.45) is 1.11. The van der Waals surface area contributed by atoms with Crippen LogP contribution in [0.1, 0.15) is 37.0 Å². The first-order valence-corrected chi connectivity index (χ1v) is 8.10. The lowest BCUT2D eigenvalue weighted by Gasteiger charge is -2.29. The topological polar surface area (TPSA) is 20.2 Å². The minimum atomic E-state index is 0.164. The maximum atomic E-state index is 9.91. The molecule has 0 amide bonds. The highest BCUT2D eigenvalue weighted by atomic mass is 31.1. The molecule has 0 spiro atoms. The van der Waals surface area contributed by atoms with E-state index in [9.17, 15) is 5.11 Å². The number of benzene rings is 2. The summed E-state index contributed by atoms with van der Waals surface area (Å²) < 4.78 is 0. The van der Waals surface area contributed by atoms with Gasteiger partial charge in [-0.25, -0.2) is 0 Å². The first-order chi connectivity index (χ1) is 9.46. The van der Waals surface area contributed by atoms with Crippen LogP contribution < -0.4 is 5.30 Å².